The van der Waals surface area contributed by atoms with Crippen LogP contribution >= 0.6 is 0 Å². The first-order valence-electron chi connectivity index (χ1n) is 6.88. The van der Waals surface area contributed by atoms with Gasteiger partial charge in [-0.3, -0.25) is 4.90 Å². The van der Waals surface area contributed by atoms with Gasteiger partial charge >= 0.3 is 5.97 Å². The summed E-state index contributed by atoms with van der Waals surface area (Å²) in [7, 11) is -3.13. The lowest BCUT2D eigenvalue weighted by Crippen LogP contribution is -2.50. The van der Waals surface area contributed by atoms with Crippen molar-refractivity contribution in [2.45, 2.75) is 18.9 Å². The number of carboxylic acid groups (broad SMARTS) is 1. The summed E-state index contributed by atoms with van der Waals surface area (Å²) in [6.45, 7) is 3.37. The van der Waals surface area contributed by atoms with Crippen molar-refractivity contribution < 1.29 is 23.1 Å². The van der Waals surface area contributed by atoms with Gasteiger partial charge in [-0.1, -0.05) is 0 Å². The van der Waals surface area contributed by atoms with Crippen LogP contribution in [0.25, 0.3) is 0 Å². The van der Waals surface area contributed by atoms with Crippen molar-refractivity contribution in [1.29, 1.82) is 0 Å². The molecular weight excluding hydrogens is 284 g/mol. The van der Waals surface area contributed by atoms with Gasteiger partial charge in [-0.05, 0) is 18.8 Å². The van der Waals surface area contributed by atoms with Gasteiger partial charge in [0.2, 0.25) is 10.0 Å². The molecule has 2 aliphatic rings. The highest BCUT2D eigenvalue weighted by Crippen LogP contribution is 2.20. The van der Waals surface area contributed by atoms with E-state index >= 15 is 0 Å². The maximum Gasteiger partial charge on any atom is 0.334 e. The number of carbonyl (C=O) groups is 1. The molecular formula is C12H22N2O5S. The average molecular weight is 306 g/mol. The van der Waals surface area contributed by atoms with Crippen LogP contribution < -0.4 is 0 Å². The van der Waals surface area contributed by atoms with Crippen LogP contribution in [-0.2, 0) is 19.6 Å². The minimum Gasteiger partial charge on any atom is -0.479 e. The number of rotatable bonds is 4. The molecule has 1 N–H and O–H groups in total. The van der Waals surface area contributed by atoms with Gasteiger partial charge in [-0.15, -0.1) is 0 Å². The molecule has 0 aromatic carbocycles. The molecule has 7 nitrogen and oxygen atoms in total. The maximum atomic E-state index is 11.6. The Morgan fingerprint density at radius 2 is 2.10 bits per heavy atom. The van der Waals surface area contributed by atoms with E-state index in [2.05, 4.69) is 4.90 Å². The summed E-state index contributed by atoms with van der Waals surface area (Å²) in [5.41, 5.74) is 0. The first kappa shape index (κ1) is 15.7. The normalized spacial score (nSPS) is 30.2. The Kier molecular flexibility index (Phi) is 5.00. The van der Waals surface area contributed by atoms with Gasteiger partial charge in [-0.2, -0.15) is 0 Å². The summed E-state index contributed by atoms with van der Waals surface area (Å²) in [6, 6.07) is 0. The Morgan fingerprint density at radius 3 is 2.75 bits per heavy atom. The molecule has 2 saturated heterocycles. The second-order valence-electron chi connectivity index (χ2n) is 5.59. The summed E-state index contributed by atoms with van der Waals surface area (Å²) >= 11 is 0. The van der Waals surface area contributed by atoms with Crippen LogP contribution in [0.15, 0.2) is 0 Å². The average Bonchev–Trinajstić information content (AvgIpc) is 2.38. The molecule has 20 heavy (non-hydrogen) atoms. The number of piperidine rings is 1. The number of aliphatic carboxylic acids is 1. The molecule has 0 saturated carbocycles. The molecule has 116 valence electrons. The molecule has 2 atom stereocenters. The predicted octanol–water partition coefficient (Wildman–Crippen LogP) is -0.557. The Hall–Kier alpha value is -0.700. The molecule has 0 aliphatic carbocycles. The van der Waals surface area contributed by atoms with Gasteiger partial charge in [0.1, 0.15) is 0 Å². The maximum absolute atomic E-state index is 11.6. The largest absolute Gasteiger partial charge is 0.479 e. The Balaban J connectivity index is 1.88. The van der Waals surface area contributed by atoms with Crippen molar-refractivity contribution >= 4 is 16.0 Å². The number of morpholine rings is 1. The molecule has 2 aliphatic heterocycles. The fourth-order valence-electron chi connectivity index (χ4n) is 2.86. The van der Waals surface area contributed by atoms with Crippen molar-refractivity contribution in [3.8, 4) is 0 Å². The quantitative estimate of drug-likeness (QED) is 0.749. The Morgan fingerprint density at radius 1 is 1.35 bits per heavy atom. The van der Waals surface area contributed by atoms with Gasteiger partial charge in [0.25, 0.3) is 0 Å². The molecule has 0 aromatic rings. The molecule has 2 heterocycles. The van der Waals surface area contributed by atoms with Crippen LogP contribution in [0.4, 0.5) is 0 Å². The fourth-order valence-corrected chi connectivity index (χ4v) is 3.80. The smallest absolute Gasteiger partial charge is 0.334 e. The minimum atomic E-state index is -3.13. The molecule has 0 spiro atoms. The second kappa shape index (κ2) is 6.38. The highest BCUT2D eigenvalue weighted by molar-refractivity contribution is 7.88. The molecule has 2 rings (SSSR count). The van der Waals surface area contributed by atoms with E-state index in [1.54, 1.807) is 0 Å². The molecule has 0 bridgehead atoms. The molecule has 8 heteroatoms. The first-order chi connectivity index (χ1) is 9.36. The summed E-state index contributed by atoms with van der Waals surface area (Å²) in [4.78, 5) is 13.0. The zero-order valence-corrected chi connectivity index (χ0v) is 12.5. The first-order valence-corrected chi connectivity index (χ1v) is 8.73. The predicted molar refractivity (Wildman–Crippen MR) is 73.0 cm³/mol. The Bertz CT molecular complexity index is 453. The number of ether oxygens (including phenoxy) is 1. The van der Waals surface area contributed by atoms with Crippen LogP contribution in [0.5, 0.6) is 0 Å². The van der Waals surface area contributed by atoms with Crippen LogP contribution in [0.3, 0.4) is 0 Å². The summed E-state index contributed by atoms with van der Waals surface area (Å²) in [5, 5.41) is 8.97. The number of hydrogen-bond donors (Lipinski definition) is 1. The van der Waals surface area contributed by atoms with E-state index in [9.17, 15) is 13.2 Å². The monoisotopic (exact) mass is 306 g/mol. The fraction of sp³-hybridized carbons (Fsp3) is 0.917. The van der Waals surface area contributed by atoms with Crippen LogP contribution in [0.2, 0.25) is 0 Å². The molecule has 2 fully saturated rings. The third-order valence-electron chi connectivity index (χ3n) is 3.89. The minimum absolute atomic E-state index is 0.269. The third-order valence-corrected chi connectivity index (χ3v) is 5.16. The topological polar surface area (TPSA) is 87.2 Å². The highest BCUT2D eigenvalue weighted by atomic mass is 32.2. The van der Waals surface area contributed by atoms with Gasteiger partial charge < -0.3 is 9.84 Å². The molecule has 0 amide bonds. The van der Waals surface area contributed by atoms with E-state index < -0.39 is 22.1 Å². The zero-order chi connectivity index (χ0) is 14.8. The van der Waals surface area contributed by atoms with E-state index in [0.29, 0.717) is 32.8 Å². The summed E-state index contributed by atoms with van der Waals surface area (Å²) in [5.74, 6) is -0.665. The van der Waals surface area contributed by atoms with E-state index in [4.69, 9.17) is 9.84 Å². The summed E-state index contributed by atoms with van der Waals surface area (Å²) in [6.07, 6.45) is 2.33. The second-order valence-corrected chi connectivity index (χ2v) is 7.57. The van der Waals surface area contributed by atoms with E-state index in [0.717, 1.165) is 19.4 Å². The molecule has 0 radical (unpaired) electrons. The van der Waals surface area contributed by atoms with Crippen LogP contribution in [0, 0.1) is 5.92 Å². The lowest BCUT2D eigenvalue weighted by atomic mass is 9.98. The standard InChI is InChI=1S/C12H22N2O5S/c1-20(17,18)14-4-2-3-10(8-14)7-13-5-6-19-11(9-13)12(15)16/h10-11H,2-9H2,1H3,(H,15,16). The highest BCUT2D eigenvalue weighted by Gasteiger charge is 2.30. The SMILES string of the molecule is CS(=O)(=O)N1CCCC(CN2CCOC(C(=O)O)C2)C1. The van der Waals surface area contributed by atoms with Crippen molar-refractivity contribution in [2.75, 3.05) is 45.6 Å². The Labute approximate surface area is 119 Å². The summed E-state index contributed by atoms with van der Waals surface area (Å²) < 4.78 is 29.9. The lowest BCUT2D eigenvalue weighted by Gasteiger charge is -2.37. The van der Waals surface area contributed by atoms with E-state index in [1.807, 2.05) is 0 Å². The number of carboxylic acids is 1. The van der Waals surface area contributed by atoms with E-state index in [1.165, 1.54) is 10.6 Å². The van der Waals surface area contributed by atoms with Crippen LogP contribution in [-0.4, -0.2) is 80.4 Å². The van der Waals surface area contributed by atoms with Gasteiger partial charge in [0.05, 0.1) is 12.9 Å². The molecule has 0 aromatic heterocycles. The van der Waals surface area contributed by atoms with Crippen molar-refractivity contribution in [1.82, 2.24) is 9.21 Å². The van der Waals surface area contributed by atoms with Gasteiger partial charge in [0, 0.05) is 32.7 Å². The number of sulfonamides is 1. The van der Waals surface area contributed by atoms with Crippen molar-refractivity contribution in [2.24, 2.45) is 5.92 Å². The van der Waals surface area contributed by atoms with Crippen LogP contribution in [0.1, 0.15) is 12.8 Å². The zero-order valence-electron chi connectivity index (χ0n) is 11.7. The third kappa shape index (κ3) is 4.15. The van der Waals surface area contributed by atoms with Gasteiger partial charge in [-0.25, -0.2) is 17.5 Å². The van der Waals surface area contributed by atoms with Crippen molar-refractivity contribution in [3.05, 3.63) is 0 Å². The van der Waals surface area contributed by atoms with E-state index in [-0.39, 0.29) is 5.92 Å². The van der Waals surface area contributed by atoms with Gasteiger partial charge in [0.15, 0.2) is 6.10 Å². The molecule has 2 unspecified atom stereocenters. The van der Waals surface area contributed by atoms with Crippen molar-refractivity contribution in [3.63, 3.8) is 0 Å². The number of nitrogens with zero attached hydrogens (tertiary/aromatic N) is 2. The lowest BCUT2D eigenvalue weighted by molar-refractivity contribution is -0.156. The number of hydrogen-bond acceptors (Lipinski definition) is 5.